The lowest BCUT2D eigenvalue weighted by Gasteiger charge is -2.26. The van der Waals surface area contributed by atoms with Gasteiger partial charge in [-0.25, -0.2) is 0 Å². The van der Waals surface area contributed by atoms with Gasteiger partial charge in [-0.1, -0.05) is 23.7 Å². The molecule has 0 aromatic heterocycles. The van der Waals surface area contributed by atoms with Gasteiger partial charge in [-0.3, -0.25) is 0 Å². The van der Waals surface area contributed by atoms with E-state index in [4.69, 9.17) is 11.6 Å². The first kappa shape index (κ1) is 11.9. The normalized spacial score (nSPS) is 21.6. The molecule has 1 aliphatic carbocycles. The zero-order chi connectivity index (χ0) is 11.5. The van der Waals surface area contributed by atoms with Gasteiger partial charge in [0.2, 0.25) is 0 Å². The van der Waals surface area contributed by atoms with Crippen molar-refractivity contribution in [1.82, 2.24) is 5.32 Å². The van der Waals surface area contributed by atoms with Crippen LogP contribution in [0.5, 0.6) is 0 Å². The van der Waals surface area contributed by atoms with Gasteiger partial charge in [0, 0.05) is 17.6 Å². The highest BCUT2D eigenvalue weighted by Gasteiger charge is 2.20. The highest BCUT2D eigenvalue weighted by molar-refractivity contribution is 6.31. The van der Waals surface area contributed by atoms with E-state index < -0.39 is 0 Å². The Hall–Kier alpha value is -0.570. The van der Waals surface area contributed by atoms with Crippen LogP contribution in [0.1, 0.15) is 24.5 Å². The van der Waals surface area contributed by atoms with Gasteiger partial charge in [0.1, 0.15) is 0 Å². The summed E-state index contributed by atoms with van der Waals surface area (Å²) >= 11 is 6.19. The summed E-state index contributed by atoms with van der Waals surface area (Å²) in [4.78, 5) is 0. The van der Waals surface area contributed by atoms with Crippen LogP contribution in [0.4, 0.5) is 0 Å². The molecule has 2 nitrogen and oxygen atoms in total. The fourth-order valence-electron chi connectivity index (χ4n) is 2.26. The van der Waals surface area contributed by atoms with Crippen LogP contribution in [0.15, 0.2) is 18.2 Å². The number of aliphatic hydroxyl groups excluding tert-OH is 1. The van der Waals surface area contributed by atoms with Crippen LogP contribution in [0.25, 0.3) is 0 Å². The van der Waals surface area contributed by atoms with Crippen LogP contribution in [-0.4, -0.2) is 23.8 Å². The minimum Gasteiger partial charge on any atom is -0.392 e. The number of halogens is 1. The van der Waals surface area contributed by atoms with Crippen molar-refractivity contribution in [3.8, 4) is 0 Å². The van der Waals surface area contributed by atoms with Crippen LogP contribution < -0.4 is 5.32 Å². The molecule has 16 heavy (non-hydrogen) atoms. The third-order valence-corrected chi connectivity index (χ3v) is 3.48. The van der Waals surface area contributed by atoms with Crippen LogP contribution in [0.3, 0.4) is 0 Å². The Morgan fingerprint density at radius 3 is 3.12 bits per heavy atom. The maximum Gasteiger partial charge on any atom is 0.0636 e. The summed E-state index contributed by atoms with van der Waals surface area (Å²) in [6.45, 7) is 2.46. The second-order valence-corrected chi connectivity index (χ2v) is 4.98. The topological polar surface area (TPSA) is 32.3 Å². The van der Waals surface area contributed by atoms with Crippen LogP contribution in [0.2, 0.25) is 5.02 Å². The predicted molar refractivity (Wildman–Crippen MR) is 66.9 cm³/mol. The largest absolute Gasteiger partial charge is 0.392 e. The Balaban J connectivity index is 2.03. The van der Waals surface area contributed by atoms with Crippen molar-refractivity contribution >= 4 is 11.6 Å². The number of aliphatic hydroxyl groups is 1. The molecule has 0 bridgehead atoms. The SMILES string of the molecule is C[C@H](O)CNC1CCc2cccc(Cl)c2C1. The molecule has 0 saturated carbocycles. The molecule has 1 aromatic rings. The van der Waals surface area contributed by atoms with Crippen molar-refractivity contribution in [3.63, 3.8) is 0 Å². The summed E-state index contributed by atoms with van der Waals surface area (Å²) in [5.74, 6) is 0. The van der Waals surface area contributed by atoms with Crippen molar-refractivity contribution in [2.75, 3.05) is 6.54 Å². The highest BCUT2D eigenvalue weighted by atomic mass is 35.5. The minimum absolute atomic E-state index is 0.285. The lowest BCUT2D eigenvalue weighted by molar-refractivity contribution is 0.184. The number of nitrogens with one attached hydrogen (secondary N) is 1. The average Bonchev–Trinajstić information content (AvgIpc) is 2.27. The van der Waals surface area contributed by atoms with Crippen LogP contribution in [0, 0.1) is 0 Å². The van der Waals surface area contributed by atoms with E-state index in [0.717, 1.165) is 24.3 Å². The van der Waals surface area contributed by atoms with Crippen molar-refractivity contribution in [1.29, 1.82) is 0 Å². The molecule has 1 aromatic carbocycles. The molecular weight excluding hydrogens is 222 g/mol. The molecule has 2 atom stereocenters. The monoisotopic (exact) mass is 239 g/mol. The number of benzene rings is 1. The Kier molecular flexibility index (Phi) is 3.85. The van der Waals surface area contributed by atoms with Gasteiger partial charge >= 0.3 is 0 Å². The van der Waals surface area contributed by atoms with Crippen LogP contribution in [-0.2, 0) is 12.8 Å². The lowest BCUT2D eigenvalue weighted by atomic mass is 9.88. The van der Waals surface area contributed by atoms with Crippen molar-refractivity contribution in [2.24, 2.45) is 0 Å². The number of fused-ring (bicyclic) bond motifs is 1. The van der Waals surface area contributed by atoms with E-state index in [2.05, 4.69) is 11.4 Å². The predicted octanol–water partition coefficient (Wildman–Crippen LogP) is 2.17. The maximum atomic E-state index is 9.24. The molecular formula is C13H18ClNO. The molecule has 0 spiro atoms. The first-order valence-electron chi connectivity index (χ1n) is 5.84. The standard InChI is InChI=1S/C13H18ClNO/c1-9(16)8-15-11-6-5-10-3-2-4-13(14)12(10)7-11/h2-4,9,11,15-16H,5-8H2,1H3/t9-,11?/m0/s1. The van der Waals surface area contributed by atoms with Gasteiger partial charge in [-0.05, 0) is 43.4 Å². The third kappa shape index (κ3) is 2.76. The van der Waals surface area contributed by atoms with E-state index in [1.165, 1.54) is 11.1 Å². The first-order chi connectivity index (χ1) is 7.66. The molecule has 0 fully saturated rings. The Labute approximate surface area is 102 Å². The summed E-state index contributed by atoms with van der Waals surface area (Å²) in [6.07, 6.45) is 2.89. The van der Waals surface area contributed by atoms with E-state index >= 15 is 0 Å². The van der Waals surface area contributed by atoms with Gasteiger partial charge in [0.05, 0.1) is 6.10 Å². The third-order valence-electron chi connectivity index (χ3n) is 3.13. The number of aryl methyl sites for hydroxylation is 1. The van der Waals surface area contributed by atoms with Gasteiger partial charge in [-0.15, -0.1) is 0 Å². The Morgan fingerprint density at radius 2 is 2.38 bits per heavy atom. The molecule has 88 valence electrons. The average molecular weight is 240 g/mol. The quantitative estimate of drug-likeness (QED) is 0.848. The van der Waals surface area contributed by atoms with Gasteiger partial charge in [-0.2, -0.15) is 0 Å². The maximum absolute atomic E-state index is 9.24. The zero-order valence-corrected chi connectivity index (χ0v) is 10.3. The molecule has 0 heterocycles. The molecule has 2 rings (SSSR count). The smallest absolute Gasteiger partial charge is 0.0636 e. The number of hydrogen-bond acceptors (Lipinski definition) is 2. The van der Waals surface area contributed by atoms with Crippen molar-refractivity contribution in [3.05, 3.63) is 34.3 Å². The molecule has 1 aliphatic rings. The highest BCUT2D eigenvalue weighted by Crippen LogP contribution is 2.27. The Bertz CT molecular complexity index is 365. The number of hydrogen-bond donors (Lipinski definition) is 2. The molecule has 0 radical (unpaired) electrons. The fraction of sp³-hybridized carbons (Fsp3) is 0.538. The van der Waals surface area contributed by atoms with E-state index in [1.807, 2.05) is 12.1 Å². The summed E-state index contributed by atoms with van der Waals surface area (Å²) in [5.41, 5.74) is 2.65. The first-order valence-corrected chi connectivity index (χ1v) is 6.22. The lowest BCUT2D eigenvalue weighted by Crippen LogP contribution is -2.38. The van der Waals surface area contributed by atoms with E-state index in [0.29, 0.717) is 12.6 Å². The zero-order valence-electron chi connectivity index (χ0n) is 9.54. The molecule has 2 N–H and O–H groups in total. The van der Waals surface area contributed by atoms with Crippen molar-refractivity contribution in [2.45, 2.75) is 38.3 Å². The Morgan fingerprint density at radius 1 is 1.56 bits per heavy atom. The van der Waals surface area contributed by atoms with Crippen LogP contribution >= 0.6 is 11.6 Å². The van der Waals surface area contributed by atoms with E-state index in [9.17, 15) is 5.11 Å². The molecule has 0 saturated heterocycles. The summed E-state index contributed by atoms with van der Waals surface area (Å²) in [5, 5.41) is 13.5. The van der Waals surface area contributed by atoms with Gasteiger partial charge in [0.25, 0.3) is 0 Å². The second kappa shape index (κ2) is 5.17. The summed E-state index contributed by atoms with van der Waals surface area (Å²) in [7, 11) is 0. The molecule has 0 aliphatic heterocycles. The molecule has 1 unspecified atom stereocenters. The molecule has 3 heteroatoms. The van der Waals surface area contributed by atoms with Crippen molar-refractivity contribution < 1.29 is 5.11 Å². The molecule has 0 amide bonds. The fourth-order valence-corrected chi connectivity index (χ4v) is 2.53. The summed E-state index contributed by atoms with van der Waals surface area (Å²) < 4.78 is 0. The van der Waals surface area contributed by atoms with Gasteiger partial charge in [0.15, 0.2) is 0 Å². The van der Waals surface area contributed by atoms with Gasteiger partial charge < -0.3 is 10.4 Å². The number of rotatable bonds is 3. The minimum atomic E-state index is -0.285. The van der Waals surface area contributed by atoms with E-state index in [1.54, 1.807) is 6.92 Å². The van der Waals surface area contributed by atoms with E-state index in [-0.39, 0.29) is 6.10 Å². The second-order valence-electron chi connectivity index (χ2n) is 4.57. The summed E-state index contributed by atoms with van der Waals surface area (Å²) in [6, 6.07) is 6.58.